The number of hydrogen-bond acceptors (Lipinski definition) is 5. The Morgan fingerprint density at radius 3 is 2.54 bits per heavy atom. The normalized spacial score (nSPS) is 27.6. The van der Waals surface area contributed by atoms with Crippen molar-refractivity contribution in [1.82, 2.24) is 9.80 Å². The van der Waals surface area contributed by atoms with Gasteiger partial charge in [0.05, 0.1) is 19.0 Å². The van der Waals surface area contributed by atoms with E-state index in [9.17, 15) is 19.2 Å². The average Bonchev–Trinajstić information content (AvgIpc) is 3.27. The third-order valence-corrected chi connectivity index (χ3v) is 6.54. The molecule has 3 rings (SSSR count). The molecule has 1 radical (unpaired) electrons. The number of amides is 3. The quantitative estimate of drug-likeness (QED) is 0.705. The van der Waals surface area contributed by atoms with E-state index in [2.05, 4.69) is 0 Å². The van der Waals surface area contributed by atoms with Crippen LogP contribution in [0.15, 0.2) is 0 Å². The van der Waals surface area contributed by atoms with Crippen LogP contribution in [0.3, 0.4) is 0 Å². The van der Waals surface area contributed by atoms with Crippen molar-refractivity contribution in [3.63, 3.8) is 0 Å². The zero-order valence-electron chi connectivity index (χ0n) is 16.7. The number of carbonyl (C=O) groups excluding carboxylic acids is 4. The monoisotopic (exact) mass is 392 g/mol. The number of ether oxygens (including phenoxy) is 1. The molecule has 0 aromatic heterocycles. The molecule has 0 aromatic carbocycles. The maximum atomic E-state index is 13.3. The SMILES string of the molecule is COC1(C(=O)N2CC(=O)C3C2CCN3C(=O)[CH]CC(C)C(N)=O)CCCCC1. The van der Waals surface area contributed by atoms with Crippen molar-refractivity contribution in [2.24, 2.45) is 11.7 Å². The van der Waals surface area contributed by atoms with E-state index >= 15 is 0 Å². The molecule has 3 amide bonds. The van der Waals surface area contributed by atoms with Crippen LogP contribution in [0.25, 0.3) is 0 Å². The number of nitrogens with two attached hydrogens (primary N) is 1. The van der Waals surface area contributed by atoms with Crippen molar-refractivity contribution in [2.45, 2.75) is 69.6 Å². The number of likely N-dealkylation sites (tertiary alicyclic amines) is 2. The van der Waals surface area contributed by atoms with Crippen molar-refractivity contribution < 1.29 is 23.9 Å². The number of primary amides is 1. The third kappa shape index (κ3) is 3.66. The number of methoxy groups -OCH3 is 1. The summed E-state index contributed by atoms with van der Waals surface area (Å²) in [4.78, 5) is 52.9. The Kier molecular flexibility index (Phi) is 6.07. The van der Waals surface area contributed by atoms with E-state index in [1.165, 1.54) is 11.3 Å². The molecule has 3 aliphatic rings. The Hall–Kier alpha value is -1.96. The molecule has 28 heavy (non-hydrogen) atoms. The Morgan fingerprint density at radius 2 is 1.93 bits per heavy atom. The number of Topliss-reactive ketones (excluding diaryl/α,β-unsaturated/α-hetero) is 1. The van der Waals surface area contributed by atoms with Crippen molar-refractivity contribution in [2.75, 3.05) is 20.2 Å². The van der Waals surface area contributed by atoms with Crippen molar-refractivity contribution in [3.8, 4) is 0 Å². The fraction of sp³-hybridized carbons (Fsp3) is 0.750. The molecule has 3 atom stereocenters. The third-order valence-electron chi connectivity index (χ3n) is 6.54. The van der Waals surface area contributed by atoms with Crippen LogP contribution < -0.4 is 5.73 Å². The zero-order valence-corrected chi connectivity index (χ0v) is 16.7. The number of fused-ring (bicyclic) bond motifs is 1. The Balaban J connectivity index is 1.69. The predicted octanol–water partition coefficient (Wildman–Crippen LogP) is 0.432. The van der Waals surface area contributed by atoms with Crippen LogP contribution in [-0.4, -0.2) is 71.2 Å². The molecule has 0 spiro atoms. The van der Waals surface area contributed by atoms with Gasteiger partial charge in [0.25, 0.3) is 5.91 Å². The van der Waals surface area contributed by atoms with Crippen LogP contribution in [0.2, 0.25) is 0 Å². The van der Waals surface area contributed by atoms with Crippen molar-refractivity contribution in [1.29, 1.82) is 0 Å². The van der Waals surface area contributed by atoms with Crippen molar-refractivity contribution >= 4 is 23.5 Å². The molecule has 2 aliphatic heterocycles. The van der Waals surface area contributed by atoms with Gasteiger partial charge in [-0.05, 0) is 25.7 Å². The van der Waals surface area contributed by atoms with Gasteiger partial charge in [0.2, 0.25) is 11.8 Å². The van der Waals surface area contributed by atoms with Gasteiger partial charge in [-0.2, -0.15) is 0 Å². The first kappa shape index (κ1) is 20.8. The van der Waals surface area contributed by atoms with E-state index in [0.29, 0.717) is 25.8 Å². The Labute approximate surface area is 165 Å². The molecular formula is C20H30N3O5. The van der Waals surface area contributed by atoms with Crippen LogP contribution in [0, 0.1) is 12.3 Å². The Morgan fingerprint density at radius 1 is 1.25 bits per heavy atom. The highest BCUT2D eigenvalue weighted by Gasteiger charge is 2.54. The topological polar surface area (TPSA) is 110 Å². The number of rotatable bonds is 6. The Bertz CT molecular complexity index is 658. The van der Waals surface area contributed by atoms with E-state index in [1.54, 1.807) is 18.9 Å². The molecule has 1 saturated carbocycles. The van der Waals surface area contributed by atoms with Gasteiger partial charge < -0.3 is 20.3 Å². The summed E-state index contributed by atoms with van der Waals surface area (Å²) >= 11 is 0. The lowest BCUT2D eigenvalue weighted by molar-refractivity contribution is -0.160. The fourth-order valence-electron chi connectivity index (χ4n) is 4.74. The first-order valence-corrected chi connectivity index (χ1v) is 10.1. The lowest BCUT2D eigenvalue weighted by Gasteiger charge is -2.38. The summed E-state index contributed by atoms with van der Waals surface area (Å²) in [6.07, 6.45) is 6.55. The van der Waals surface area contributed by atoms with Crippen LogP contribution in [-0.2, 0) is 23.9 Å². The molecule has 0 bridgehead atoms. The van der Waals surface area contributed by atoms with E-state index in [0.717, 1.165) is 19.3 Å². The fourth-order valence-corrected chi connectivity index (χ4v) is 4.74. The molecule has 8 nitrogen and oxygen atoms in total. The molecule has 2 heterocycles. The molecule has 0 aromatic rings. The second-order valence-electron chi connectivity index (χ2n) is 8.23. The van der Waals surface area contributed by atoms with E-state index < -0.39 is 23.5 Å². The van der Waals surface area contributed by atoms with Gasteiger partial charge in [-0.1, -0.05) is 26.2 Å². The van der Waals surface area contributed by atoms with Crippen LogP contribution in [0.1, 0.15) is 51.9 Å². The van der Waals surface area contributed by atoms with E-state index in [1.807, 2.05) is 0 Å². The summed E-state index contributed by atoms with van der Waals surface area (Å²) < 4.78 is 5.67. The number of nitrogens with zero attached hydrogens (tertiary/aromatic N) is 2. The maximum absolute atomic E-state index is 13.3. The van der Waals surface area contributed by atoms with Crippen LogP contribution >= 0.6 is 0 Å². The summed E-state index contributed by atoms with van der Waals surface area (Å²) in [5.74, 6) is -1.40. The minimum atomic E-state index is -0.839. The van der Waals surface area contributed by atoms with Gasteiger partial charge in [0.1, 0.15) is 11.6 Å². The number of ketones is 1. The molecule has 3 unspecified atom stereocenters. The molecule has 8 heteroatoms. The lowest BCUT2D eigenvalue weighted by atomic mass is 9.83. The average molecular weight is 392 g/mol. The van der Waals surface area contributed by atoms with Gasteiger partial charge in [-0.15, -0.1) is 0 Å². The van der Waals surface area contributed by atoms with E-state index in [4.69, 9.17) is 10.5 Å². The van der Waals surface area contributed by atoms with Gasteiger partial charge in [0, 0.05) is 19.6 Å². The molecule has 2 N–H and O–H groups in total. The largest absolute Gasteiger partial charge is 0.369 e. The summed E-state index contributed by atoms with van der Waals surface area (Å²) in [7, 11) is 1.57. The molecule has 1 aliphatic carbocycles. The molecular weight excluding hydrogens is 362 g/mol. The summed E-state index contributed by atoms with van der Waals surface area (Å²) in [5.41, 5.74) is 4.40. The first-order valence-electron chi connectivity index (χ1n) is 10.1. The maximum Gasteiger partial charge on any atom is 0.255 e. The highest BCUT2D eigenvalue weighted by Crippen LogP contribution is 2.37. The van der Waals surface area contributed by atoms with Gasteiger partial charge in [-0.3, -0.25) is 19.2 Å². The second kappa shape index (κ2) is 8.19. The smallest absolute Gasteiger partial charge is 0.255 e. The van der Waals surface area contributed by atoms with Crippen molar-refractivity contribution in [3.05, 3.63) is 6.42 Å². The van der Waals surface area contributed by atoms with E-state index in [-0.39, 0.29) is 36.6 Å². The second-order valence-corrected chi connectivity index (χ2v) is 8.23. The minimum absolute atomic E-state index is 0.0285. The standard InChI is InChI=1S/C20H30N3O5/c1-13(18(21)26)6-7-16(25)22-11-8-14-17(22)15(24)12-23(14)19(27)20(28-2)9-4-3-5-10-20/h7,13-14,17H,3-6,8-12H2,1-2H3,(H2,21,26). The zero-order chi connectivity index (χ0) is 20.5. The van der Waals surface area contributed by atoms with Gasteiger partial charge >= 0.3 is 0 Å². The van der Waals surface area contributed by atoms with Gasteiger partial charge in [-0.25, -0.2) is 0 Å². The summed E-state index contributed by atoms with van der Waals surface area (Å²) in [6, 6.07) is -0.894. The molecule has 3 fully saturated rings. The van der Waals surface area contributed by atoms with Crippen LogP contribution in [0.5, 0.6) is 0 Å². The highest BCUT2D eigenvalue weighted by molar-refractivity contribution is 6.00. The summed E-state index contributed by atoms with van der Waals surface area (Å²) in [5, 5.41) is 0. The lowest BCUT2D eigenvalue weighted by Crippen LogP contribution is -2.53. The van der Waals surface area contributed by atoms with Crippen LogP contribution in [0.4, 0.5) is 0 Å². The molecule has 2 saturated heterocycles. The highest BCUT2D eigenvalue weighted by atomic mass is 16.5. The minimum Gasteiger partial charge on any atom is -0.369 e. The first-order chi connectivity index (χ1) is 13.3. The number of hydrogen-bond donors (Lipinski definition) is 1. The predicted molar refractivity (Wildman–Crippen MR) is 101 cm³/mol. The summed E-state index contributed by atoms with van der Waals surface area (Å²) in [6.45, 7) is 2.11. The molecule has 155 valence electrons. The van der Waals surface area contributed by atoms with Gasteiger partial charge in [0.15, 0.2) is 5.78 Å². The number of carbonyl (C=O) groups is 4.